The molecule has 0 radical (unpaired) electrons. The van der Waals surface area contributed by atoms with E-state index < -0.39 is 0 Å². The fraction of sp³-hybridized carbons (Fsp3) is 0.250. The van der Waals surface area contributed by atoms with Gasteiger partial charge in [-0.05, 0) is 43.7 Å². The quantitative estimate of drug-likeness (QED) is 0.567. The third-order valence-corrected chi connectivity index (χ3v) is 5.28. The number of anilines is 1. The molecule has 1 amide bonds. The van der Waals surface area contributed by atoms with Gasteiger partial charge in [-0.1, -0.05) is 41.6 Å². The second-order valence-electron chi connectivity index (χ2n) is 6.10. The van der Waals surface area contributed by atoms with Crippen molar-refractivity contribution in [2.24, 2.45) is 0 Å². The van der Waals surface area contributed by atoms with Crippen LogP contribution in [0.3, 0.4) is 0 Å². The van der Waals surface area contributed by atoms with E-state index in [9.17, 15) is 4.79 Å². The first kappa shape index (κ1) is 20.2. The first-order chi connectivity index (χ1) is 13.5. The van der Waals surface area contributed by atoms with Crippen LogP contribution in [-0.2, 0) is 11.3 Å². The predicted octanol–water partition coefficient (Wildman–Crippen LogP) is 4.67. The van der Waals surface area contributed by atoms with Crippen LogP contribution in [0.15, 0.2) is 47.6 Å². The highest BCUT2D eigenvalue weighted by Gasteiger charge is 2.15. The zero-order valence-electron chi connectivity index (χ0n) is 15.9. The van der Waals surface area contributed by atoms with Crippen LogP contribution < -0.4 is 10.1 Å². The Kier molecular flexibility index (Phi) is 6.59. The van der Waals surface area contributed by atoms with Crippen molar-refractivity contribution in [2.75, 3.05) is 18.2 Å². The summed E-state index contributed by atoms with van der Waals surface area (Å²) in [6.45, 7) is 4.66. The monoisotopic (exact) mass is 416 g/mol. The minimum absolute atomic E-state index is 0.135. The van der Waals surface area contributed by atoms with Crippen LogP contribution in [0.2, 0.25) is 5.02 Å². The number of aryl methyl sites for hydroxylation is 1. The summed E-state index contributed by atoms with van der Waals surface area (Å²) >= 11 is 7.43. The Morgan fingerprint density at radius 2 is 2.07 bits per heavy atom. The van der Waals surface area contributed by atoms with Crippen molar-refractivity contribution in [1.29, 1.82) is 0 Å². The summed E-state index contributed by atoms with van der Waals surface area (Å²) in [7, 11) is 1.58. The van der Waals surface area contributed by atoms with Crippen molar-refractivity contribution in [3.8, 4) is 17.1 Å². The van der Waals surface area contributed by atoms with E-state index in [2.05, 4.69) is 15.5 Å². The summed E-state index contributed by atoms with van der Waals surface area (Å²) in [5.41, 5.74) is 2.59. The summed E-state index contributed by atoms with van der Waals surface area (Å²) in [4.78, 5) is 12.4. The number of nitrogens with zero attached hydrogens (tertiary/aromatic N) is 3. The van der Waals surface area contributed by atoms with Crippen molar-refractivity contribution >= 4 is 35.0 Å². The highest BCUT2D eigenvalue weighted by molar-refractivity contribution is 7.99. The number of hydrogen-bond donors (Lipinski definition) is 1. The van der Waals surface area contributed by atoms with E-state index in [1.54, 1.807) is 7.11 Å². The van der Waals surface area contributed by atoms with Gasteiger partial charge in [0.15, 0.2) is 11.0 Å². The van der Waals surface area contributed by atoms with Crippen LogP contribution in [0.5, 0.6) is 5.75 Å². The first-order valence-electron chi connectivity index (χ1n) is 8.78. The van der Waals surface area contributed by atoms with Gasteiger partial charge in [0, 0.05) is 17.1 Å². The van der Waals surface area contributed by atoms with E-state index >= 15 is 0 Å². The molecule has 0 saturated carbocycles. The number of rotatable bonds is 7. The lowest BCUT2D eigenvalue weighted by atomic mass is 10.2. The van der Waals surface area contributed by atoms with Crippen molar-refractivity contribution in [1.82, 2.24) is 14.8 Å². The number of hydrogen-bond acceptors (Lipinski definition) is 5. The van der Waals surface area contributed by atoms with Gasteiger partial charge in [0.1, 0.15) is 5.75 Å². The summed E-state index contributed by atoms with van der Waals surface area (Å²) in [5.74, 6) is 1.44. The van der Waals surface area contributed by atoms with Crippen LogP contribution in [-0.4, -0.2) is 33.5 Å². The van der Waals surface area contributed by atoms with Crippen molar-refractivity contribution in [2.45, 2.75) is 25.5 Å². The molecule has 28 heavy (non-hydrogen) atoms. The van der Waals surface area contributed by atoms with Gasteiger partial charge >= 0.3 is 0 Å². The van der Waals surface area contributed by atoms with Crippen molar-refractivity contribution in [3.05, 3.63) is 53.1 Å². The molecule has 8 heteroatoms. The molecule has 0 aliphatic rings. The maximum absolute atomic E-state index is 12.4. The number of benzene rings is 2. The maximum Gasteiger partial charge on any atom is 0.234 e. The molecule has 0 saturated heterocycles. The summed E-state index contributed by atoms with van der Waals surface area (Å²) < 4.78 is 7.27. The fourth-order valence-corrected chi connectivity index (χ4v) is 3.75. The van der Waals surface area contributed by atoms with Crippen LogP contribution in [0.25, 0.3) is 11.4 Å². The van der Waals surface area contributed by atoms with Crippen LogP contribution >= 0.6 is 23.4 Å². The number of ether oxygens (including phenoxy) is 1. The molecule has 1 heterocycles. The number of methoxy groups -OCH3 is 1. The minimum Gasteiger partial charge on any atom is -0.495 e. The molecule has 0 atom stereocenters. The molecule has 0 aliphatic carbocycles. The number of nitrogens with one attached hydrogen (secondary N) is 1. The Morgan fingerprint density at radius 1 is 1.25 bits per heavy atom. The Labute approximate surface area is 173 Å². The van der Waals surface area contributed by atoms with E-state index in [1.165, 1.54) is 11.8 Å². The number of halogens is 1. The van der Waals surface area contributed by atoms with Gasteiger partial charge < -0.3 is 14.6 Å². The van der Waals surface area contributed by atoms with E-state index in [-0.39, 0.29) is 11.7 Å². The molecule has 6 nitrogen and oxygen atoms in total. The molecule has 0 aliphatic heterocycles. The molecular weight excluding hydrogens is 396 g/mol. The second kappa shape index (κ2) is 9.12. The van der Waals surface area contributed by atoms with E-state index in [0.29, 0.717) is 28.2 Å². The first-order valence-corrected chi connectivity index (χ1v) is 10.1. The molecule has 1 N–H and O–H groups in total. The smallest absolute Gasteiger partial charge is 0.234 e. The lowest BCUT2D eigenvalue weighted by Gasteiger charge is -2.11. The Bertz CT molecular complexity index is 990. The van der Waals surface area contributed by atoms with Gasteiger partial charge in [-0.25, -0.2) is 0 Å². The molecule has 1 aromatic heterocycles. The van der Waals surface area contributed by atoms with Crippen LogP contribution in [0, 0.1) is 6.92 Å². The molecule has 3 rings (SSSR count). The van der Waals surface area contributed by atoms with Gasteiger partial charge in [-0.3, -0.25) is 4.79 Å². The third-order valence-electron chi connectivity index (χ3n) is 4.08. The van der Waals surface area contributed by atoms with Gasteiger partial charge in [0.2, 0.25) is 5.91 Å². The minimum atomic E-state index is -0.135. The van der Waals surface area contributed by atoms with Crippen LogP contribution in [0.4, 0.5) is 5.69 Å². The third kappa shape index (κ3) is 4.66. The van der Waals surface area contributed by atoms with Crippen LogP contribution in [0.1, 0.15) is 12.5 Å². The maximum atomic E-state index is 12.4. The largest absolute Gasteiger partial charge is 0.495 e. The topological polar surface area (TPSA) is 69.0 Å². The number of aromatic nitrogens is 3. The Morgan fingerprint density at radius 3 is 2.79 bits per heavy atom. The van der Waals surface area contributed by atoms with Gasteiger partial charge in [-0.2, -0.15) is 0 Å². The van der Waals surface area contributed by atoms with Crippen molar-refractivity contribution in [3.63, 3.8) is 0 Å². The average molecular weight is 417 g/mol. The number of carbonyl (C=O) groups excluding carboxylic acids is 1. The summed E-state index contributed by atoms with van der Waals surface area (Å²) in [6, 6.07) is 13.1. The lowest BCUT2D eigenvalue weighted by molar-refractivity contribution is -0.113. The highest BCUT2D eigenvalue weighted by atomic mass is 35.5. The summed E-state index contributed by atoms with van der Waals surface area (Å²) in [6.07, 6.45) is 0. The average Bonchev–Trinajstić information content (AvgIpc) is 3.09. The molecular formula is C20H21ClN4O2S. The highest BCUT2D eigenvalue weighted by Crippen LogP contribution is 2.27. The molecule has 0 unspecified atom stereocenters. The molecule has 0 spiro atoms. The van der Waals surface area contributed by atoms with E-state index in [4.69, 9.17) is 16.3 Å². The molecule has 2 aromatic carbocycles. The lowest BCUT2D eigenvalue weighted by Crippen LogP contribution is -2.15. The Hall–Kier alpha value is -2.51. The molecule has 0 bridgehead atoms. The molecule has 3 aromatic rings. The zero-order chi connectivity index (χ0) is 20.1. The standard InChI is InChI=1S/C20H21ClN4O2S/c1-4-25-19(14-6-5-7-15(21)11-14)23-24-20(25)28-12-18(26)22-16-10-13(2)8-9-17(16)27-3/h5-11H,4,12H2,1-3H3,(H,22,26). The van der Waals surface area contributed by atoms with E-state index in [0.717, 1.165) is 17.0 Å². The SMILES string of the molecule is CCn1c(SCC(=O)Nc2cc(C)ccc2OC)nnc1-c1cccc(Cl)c1. The van der Waals surface area contributed by atoms with E-state index in [1.807, 2.05) is 60.9 Å². The molecule has 0 fully saturated rings. The number of thioether (sulfide) groups is 1. The van der Waals surface area contributed by atoms with Crippen molar-refractivity contribution < 1.29 is 9.53 Å². The number of carbonyl (C=O) groups is 1. The molecule has 146 valence electrons. The Balaban J connectivity index is 1.71. The number of amides is 1. The predicted molar refractivity (Wildman–Crippen MR) is 113 cm³/mol. The van der Waals surface area contributed by atoms with Gasteiger partial charge in [0.05, 0.1) is 18.6 Å². The summed E-state index contributed by atoms with van der Waals surface area (Å²) in [5, 5.41) is 12.8. The van der Waals surface area contributed by atoms with Gasteiger partial charge in [0.25, 0.3) is 0 Å². The zero-order valence-corrected chi connectivity index (χ0v) is 17.5. The fourth-order valence-electron chi connectivity index (χ4n) is 2.76. The van der Waals surface area contributed by atoms with Gasteiger partial charge in [-0.15, -0.1) is 10.2 Å². The second-order valence-corrected chi connectivity index (χ2v) is 7.48. The normalized spacial score (nSPS) is 10.7.